The van der Waals surface area contributed by atoms with Gasteiger partial charge in [-0.05, 0) is 38.7 Å². The van der Waals surface area contributed by atoms with Crippen molar-refractivity contribution in [3.8, 4) is 0 Å². The first-order valence-electron chi connectivity index (χ1n) is 7.56. The van der Waals surface area contributed by atoms with E-state index in [2.05, 4.69) is 12.2 Å². The molecule has 1 aliphatic carbocycles. The van der Waals surface area contributed by atoms with E-state index in [1.54, 1.807) is 0 Å². The minimum absolute atomic E-state index is 0.177. The van der Waals surface area contributed by atoms with Crippen LogP contribution in [0.1, 0.15) is 47.5 Å². The first kappa shape index (κ1) is 14.7. The number of rotatable bonds is 5. The molecule has 1 aromatic heterocycles. The van der Waals surface area contributed by atoms with Crippen LogP contribution >= 0.6 is 11.3 Å². The molecule has 2 N–H and O–H groups in total. The Balaban J connectivity index is 1.63. The fraction of sp³-hybridized carbons (Fsp3) is 0.471. The maximum atomic E-state index is 10.6. The van der Waals surface area contributed by atoms with Crippen LogP contribution < -0.4 is 5.32 Å². The van der Waals surface area contributed by atoms with E-state index in [1.807, 2.05) is 48.6 Å². The Morgan fingerprint density at radius 2 is 2.10 bits per heavy atom. The smallest absolute Gasteiger partial charge is 0.110 e. The summed E-state index contributed by atoms with van der Waals surface area (Å²) in [4.78, 5) is 6.19. The molecule has 21 heavy (non-hydrogen) atoms. The number of fused-ring (bicyclic) bond motifs is 1. The molecule has 0 amide bonds. The van der Waals surface area contributed by atoms with Gasteiger partial charge >= 0.3 is 0 Å². The molecule has 4 heteroatoms. The molecule has 0 spiro atoms. The monoisotopic (exact) mass is 302 g/mol. The van der Waals surface area contributed by atoms with Gasteiger partial charge in [-0.2, -0.15) is 0 Å². The van der Waals surface area contributed by atoms with Crippen molar-refractivity contribution >= 4 is 11.3 Å². The van der Waals surface area contributed by atoms with E-state index < -0.39 is 5.60 Å². The second-order valence-corrected chi connectivity index (χ2v) is 7.13. The highest BCUT2D eigenvalue weighted by Gasteiger charge is 2.25. The zero-order valence-corrected chi connectivity index (χ0v) is 13.4. The average Bonchev–Trinajstić information content (AvgIpc) is 3.07. The Labute approximate surface area is 130 Å². The Morgan fingerprint density at radius 3 is 2.81 bits per heavy atom. The van der Waals surface area contributed by atoms with Crippen molar-refractivity contribution in [1.29, 1.82) is 0 Å². The van der Waals surface area contributed by atoms with Gasteiger partial charge < -0.3 is 10.4 Å². The molecule has 1 heterocycles. The Hall–Kier alpha value is -1.23. The molecule has 0 saturated heterocycles. The second-order valence-electron chi connectivity index (χ2n) is 6.02. The van der Waals surface area contributed by atoms with Crippen LogP contribution in [0.5, 0.6) is 0 Å². The van der Waals surface area contributed by atoms with E-state index in [0.29, 0.717) is 6.54 Å². The van der Waals surface area contributed by atoms with Gasteiger partial charge in [0.25, 0.3) is 0 Å². The third kappa shape index (κ3) is 3.18. The number of nitrogens with zero attached hydrogens (tertiary/aromatic N) is 1. The summed E-state index contributed by atoms with van der Waals surface area (Å²) < 4.78 is 0. The Kier molecular flexibility index (Phi) is 4.11. The van der Waals surface area contributed by atoms with E-state index in [4.69, 9.17) is 4.98 Å². The van der Waals surface area contributed by atoms with Crippen LogP contribution in [-0.4, -0.2) is 16.6 Å². The summed E-state index contributed by atoms with van der Waals surface area (Å²) in [5.74, 6) is 0. The zero-order valence-electron chi connectivity index (χ0n) is 12.6. The van der Waals surface area contributed by atoms with Gasteiger partial charge in [-0.3, -0.25) is 0 Å². The quantitative estimate of drug-likeness (QED) is 0.891. The third-order valence-electron chi connectivity index (χ3n) is 4.13. The predicted octanol–water partition coefficient (Wildman–Crippen LogP) is 3.19. The van der Waals surface area contributed by atoms with Gasteiger partial charge in [0.2, 0.25) is 0 Å². The molecule has 2 aromatic rings. The van der Waals surface area contributed by atoms with Gasteiger partial charge in [-0.25, -0.2) is 4.98 Å². The van der Waals surface area contributed by atoms with Crippen molar-refractivity contribution in [3.05, 3.63) is 51.5 Å². The van der Waals surface area contributed by atoms with Gasteiger partial charge in [0, 0.05) is 11.4 Å². The van der Waals surface area contributed by atoms with Crippen molar-refractivity contribution in [2.45, 2.75) is 44.8 Å². The number of hydrogen-bond donors (Lipinski definition) is 2. The summed E-state index contributed by atoms with van der Waals surface area (Å²) in [6.45, 7) is 4.49. The summed E-state index contributed by atoms with van der Waals surface area (Å²) in [6.07, 6.45) is 3.56. The van der Waals surface area contributed by atoms with Crippen molar-refractivity contribution in [1.82, 2.24) is 10.3 Å². The highest BCUT2D eigenvalue weighted by molar-refractivity contribution is 7.11. The molecule has 3 nitrogen and oxygen atoms in total. The van der Waals surface area contributed by atoms with Gasteiger partial charge in [0.15, 0.2) is 0 Å². The van der Waals surface area contributed by atoms with Gasteiger partial charge in [-0.15, -0.1) is 11.3 Å². The molecule has 1 aromatic carbocycles. The van der Waals surface area contributed by atoms with Crippen LogP contribution in [0.25, 0.3) is 0 Å². The highest BCUT2D eigenvalue weighted by Crippen LogP contribution is 2.31. The molecule has 0 fully saturated rings. The number of aryl methyl sites for hydroxylation is 2. The van der Waals surface area contributed by atoms with Crippen molar-refractivity contribution < 1.29 is 5.11 Å². The fourth-order valence-corrected chi connectivity index (χ4v) is 3.91. The van der Waals surface area contributed by atoms with Crippen molar-refractivity contribution in [2.24, 2.45) is 0 Å². The van der Waals surface area contributed by atoms with E-state index in [9.17, 15) is 5.11 Å². The molecule has 0 aliphatic heterocycles. The topological polar surface area (TPSA) is 45.1 Å². The maximum absolute atomic E-state index is 10.6. The molecule has 3 rings (SSSR count). The van der Waals surface area contributed by atoms with Gasteiger partial charge in [-0.1, -0.05) is 30.3 Å². The number of benzene rings is 1. The summed E-state index contributed by atoms with van der Waals surface area (Å²) in [6, 6.07) is 9.98. The van der Waals surface area contributed by atoms with Crippen LogP contribution in [0.2, 0.25) is 0 Å². The predicted molar refractivity (Wildman–Crippen MR) is 86.6 cm³/mol. The van der Waals surface area contributed by atoms with E-state index in [0.717, 1.165) is 17.0 Å². The molecular weight excluding hydrogens is 280 g/mol. The number of hydrogen-bond acceptors (Lipinski definition) is 4. The van der Waals surface area contributed by atoms with Crippen LogP contribution in [0.3, 0.4) is 0 Å². The van der Waals surface area contributed by atoms with Crippen LogP contribution in [0.15, 0.2) is 30.3 Å². The lowest BCUT2D eigenvalue weighted by molar-refractivity contribution is 0.0543. The normalized spacial score (nSPS) is 18.2. The Bertz CT molecular complexity index is 585. The van der Waals surface area contributed by atoms with Crippen molar-refractivity contribution in [2.75, 3.05) is 6.54 Å². The minimum atomic E-state index is -0.866. The maximum Gasteiger partial charge on any atom is 0.110 e. The molecule has 2 unspecified atom stereocenters. The second kappa shape index (κ2) is 5.87. The summed E-state index contributed by atoms with van der Waals surface area (Å²) in [5, 5.41) is 15.2. The van der Waals surface area contributed by atoms with E-state index in [1.165, 1.54) is 23.4 Å². The lowest BCUT2D eigenvalue weighted by Gasteiger charge is -2.26. The molecule has 0 bridgehead atoms. The first-order chi connectivity index (χ1) is 10.1. The molecular formula is C17H22N2OS. The zero-order chi connectivity index (χ0) is 14.9. The van der Waals surface area contributed by atoms with Crippen LogP contribution in [-0.2, 0) is 18.4 Å². The van der Waals surface area contributed by atoms with Gasteiger partial charge in [0.1, 0.15) is 5.01 Å². The van der Waals surface area contributed by atoms with E-state index >= 15 is 0 Å². The number of aliphatic hydroxyl groups is 1. The first-order valence-corrected chi connectivity index (χ1v) is 8.38. The average molecular weight is 302 g/mol. The third-order valence-corrected chi connectivity index (χ3v) is 5.47. The number of nitrogens with one attached hydrogen (secondary N) is 1. The molecule has 2 atom stereocenters. The lowest BCUT2D eigenvalue weighted by atomic mass is 9.96. The summed E-state index contributed by atoms with van der Waals surface area (Å²) in [7, 11) is 0. The van der Waals surface area contributed by atoms with E-state index in [-0.39, 0.29) is 6.04 Å². The molecule has 0 radical (unpaired) electrons. The van der Waals surface area contributed by atoms with Crippen molar-refractivity contribution in [3.63, 3.8) is 0 Å². The number of aromatic nitrogens is 1. The van der Waals surface area contributed by atoms with Crippen LogP contribution in [0, 0.1) is 0 Å². The van der Waals surface area contributed by atoms with Crippen LogP contribution in [0.4, 0.5) is 0 Å². The van der Waals surface area contributed by atoms with Gasteiger partial charge in [0.05, 0.1) is 17.3 Å². The number of thiazole rings is 1. The summed E-state index contributed by atoms with van der Waals surface area (Å²) >= 11 is 1.82. The fourth-order valence-electron chi connectivity index (χ4n) is 2.73. The Morgan fingerprint density at radius 1 is 1.33 bits per heavy atom. The standard InChI is InChI=1S/C17H22N2OS/c1-12(16-19-14-9-6-10-15(14)21-16)18-11-17(2,20)13-7-4-3-5-8-13/h3-5,7-8,12,18,20H,6,9-11H2,1-2H3. The highest BCUT2D eigenvalue weighted by atomic mass is 32.1. The summed E-state index contributed by atoms with van der Waals surface area (Å²) in [5.41, 5.74) is 1.36. The molecule has 1 aliphatic rings. The largest absolute Gasteiger partial charge is 0.384 e. The minimum Gasteiger partial charge on any atom is -0.384 e. The SMILES string of the molecule is CC(NCC(C)(O)c1ccccc1)c1nc2c(s1)CCC2. The lowest BCUT2D eigenvalue weighted by Crippen LogP contribution is -2.36. The molecule has 112 valence electrons. The molecule has 0 saturated carbocycles.